The molecule has 0 aliphatic carbocycles. The van der Waals surface area contributed by atoms with Crippen LogP contribution >= 0.6 is 11.6 Å². The van der Waals surface area contributed by atoms with Gasteiger partial charge in [0.25, 0.3) is 0 Å². The average molecular weight is 340 g/mol. The molecule has 0 unspecified atom stereocenters. The number of benzene rings is 1. The summed E-state index contributed by atoms with van der Waals surface area (Å²) < 4.78 is 13.5. The fourth-order valence-electron chi connectivity index (χ4n) is 1.50. The van der Waals surface area contributed by atoms with Gasteiger partial charge in [0.2, 0.25) is 5.71 Å². The molecule has 0 heterocycles. The third kappa shape index (κ3) is 4.65. The molecule has 0 aliphatic heterocycles. The van der Waals surface area contributed by atoms with Crippen molar-refractivity contribution in [2.45, 2.75) is 0 Å². The predicted molar refractivity (Wildman–Crippen MR) is 82.7 cm³/mol. The number of halogens is 1. The first-order chi connectivity index (χ1) is 11.0. The zero-order valence-electron chi connectivity index (χ0n) is 12.7. The molecule has 0 saturated heterocycles. The van der Waals surface area contributed by atoms with Crippen molar-refractivity contribution in [3.05, 3.63) is 40.9 Å². The number of rotatable bonds is 5. The molecular formula is C15H14ClNO6. The second-order valence-electron chi connectivity index (χ2n) is 3.96. The maximum Gasteiger partial charge on any atom is 0.364 e. The van der Waals surface area contributed by atoms with Crippen LogP contribution in [0.5, 0.6) is 0 Å². The quantitative estimate of drug-likeness (QED) is 0.266. The number of nitrogens with zero attached hydrogens (tertiary/aromatic N) is 1. The van der Waals surface area contributed by atoms with Gasteiger partial charge in [-0.15, -0.1) is 0 Å². The molecular weight excluding hydrogens is 326 g/mol. The van der Waals surface area contributed by atoms with Gasteiger partial charge in [0.15, 0.2) is 5.03 Å². The number of hydrogen-bond donors (Lipinski definition) is 0. The summed E-state index contributed by atoms with van der Waals surface area (Å²) >= 11 is 5.97. The van der Waals surface area contributed by atoms with Crippen LogP contribution in [-0.4, -0.2) is 44.9 Å². The molecule has 1 aromatic rings. The van der Waals surface area contributed by atoms with Crippen molar-refractivity contribution in [3.63, 3.8) is 0 Å². The molecule has 0 atom stereocenters. The Bertz CT molecular complexity index is 648. The highest BCUT2D eigenvalue weighted by Crippen LogP contribution is 2.24. The Labute approximate surface area is 137 Å². The van der Waals surface area contributed by atoms with Crippen molar-refractivity contribution in [1.82, 2.24) is 0 Å². The largest absolute Gasteiger partial charge is 0.465 e. The highest BCUT2D eigenvalue weighted by molar-refractivity contribution is 6.63. The van der Waals surface area contributed by atoms with Gasteiger partial charge < -0.3 is 14.2 Å². The zero-order chi connectivity index (χ0) is 17.4. The molecule has 23 heavy (non-hydrogen) atoms. The van der Waals surface area contributed by atoms with Crippen LogP contribution in [0.2, 0.25) is 0 Å². The van der Waals surface area contributed by atoms with E-state index >= 15 is 0 Å². The lowest BCUT2D eigenvalue weighted by molar-refractivity contribution is -0.138. The smallest absolute Gasteiger partial charge is 0.364 e. The number of ether oxygens (including phenoxy) is 3. The lowest BCUT2D eigenvalue weighted by Gasteiger charge is -2.08. The van der Waals surface area contributed by atoms with E-state index in [-0.39, 0.29) is 5.70 Å². The Hall–Kier alpha value is -2.67. The van der Waals surface area contributed by atoms with Gasteiger partial charge in [0.1, 0.15) is 0 Å². The molecule has 7 nitrogen and oxygen atoms in total. The highest BCUT2D eigenvalue weighted by atomic mass is 35.5. The summed E-state index contributed by atoms with van der Waals surface area (Å²) in [5.41, 5.74) is -0.381. The van der Waals surface area contributed by atoms with Crippen molar-refractivity contribution < 1.29 is 28.6 Å². The Kier molecular flexibility index (Phi) is 6.95. The minimum absolute atomic E-state index is 0.120. The maximum atomic E-state index is 11.7. The monoisotopic (exact) mass is 339 g/mol. The second-order valence-corrected chi connectivity index (χ2v) is 4.34. The van der Waals surface area contributed by atoms with Crippen LogP contribution in [0.15, 0.2) is 40.4 Å². The standard InChI is InChI=1S/C15H14ClNO6/c1-21-13(18)10(16)11(9-7-5-4-6-8-9)17-12(14(19)22-2)15(20)23-3/h4-8H,1-3H3/b11-10+. The normalized spacial score (nSPS) is 11.0. The van der Waals surface area contributed by atoms with E-state index in [9.17, 15) is 14.4 Å². The highest BCUT2D eigenvalue weighted by Gasteiger charge is 2.25. The van der Waals surface area contributed by atoms with Crippen molar-refractivity contribution in [2.75, 3.05) is 21.3 Å². The summed E-state index contributed by atoms with van der Waals surface area (Å²) in [7, 11) is 3.29. The van der Waals surface area contributed by atoms with Gasteiger partial charge in [0, 0.05) is 5.56 Å². The molecule has 0 spiro atoms. The van der Waals surface area contributed by atoms with Gasteiger partial charge in [0.05, 0.1) is 27.0 Å². The molecule has 0 aromatic heterocycles. The fourth-order valence-corrected chi connectivity index (χ4v) is 1.73. The van der Waals surface area contributed by atoms with E-state index in [1.807, 2.05) is 0 Å². The maximum absolute atomic E-state index is 11.7. The van der Waals surface area contributed by atoms with Crippen LogP contribution in [0, 0.1) is 0 Å². The summed E-state index contributed by atoms with van der Waals surface area (Å²) in [4.78, 5) is 39.0. The SMILES string of the molecule is COC(=O)C(=N/C(=C(/Cl)C(=O)OC)c1ccccc1)C(=O)OC. The molecule has 0 radical (unpaired) electrons. The molecule has 0 amide bonds. The van der Waals surface area contributed by atoms with Crippen LogP contribution in [0.1, 0.15) is 5.56 Å². The van der Waals surface area contributed by atoms with Gasteiger partial charge >= 0.3 is 17.9 Å². The number of esters is 3. The van der Waals surface area contributed by atoms with Crippen LogP contribution < -0.4 is 0 Å². The Balaban J connectivity index is 3.57. The summed E-state index contributed by atoms with van der Waals surface area (Å²) in [5, 5.41) is -0.399. The number of aliphatic imine (C=N–C) groups is 1. The first-order valence-corrected chi connectivity index (χ1v) is 6.62. The topological polar surface area (TPSA) is 91.3 Å². The third-order valence-electron chi connectivity index (χ3n) is 2.60. The summed E-state index contributed by atoms with van der Waals surface area (Å²) in [6.45, 7) is 0. The van der Waals surface area contributed by atoms with Crippen molar-refractivity contribution in [3.8, 4) is 0 Å². The first kappa shape index (κ1) is 18.4. The third-order valence-corrected chi connectivity index (χ3v) is 2.93. The number of carbonyl (C=O) groups excluding carboxylic acids is 3. The summed E-state index contributed by atoms with van der Waals surface area (Å²) in [6, 6.07) is 8.26. The number of hydrogen-bond acceptors (Lipinski definition) is 7. The Morgan fingerprint density at radius 3 is 1.78 bits per heavy atom. The molecule has 1 aromatic carbocycles. The fraction of sp³-hybridized carbons (Fsp3) is 0.200. The van der Waals surface area contributed by atoms with E-state index in [2.05, 4.69) is 19.2 Å². The summed E-state index contributed by atoms with van der Waals surface area (Å²) in [6.07, 6.45) is 0. The van der Waals surface area contributed by atoms with Crippen molar-refractivity contribution in [2.24, 2.45) is 4.99 Å². The molecule has 122 valence electrons. The lowest BCUT2D eigenvalue weighted by Crippen LogP contribution is -2.27. The molecule has 0 fully saturated rings. The number of carbonyl (C=O) groups is 3. The minimum atomic E-state index is -1.03. The van der Waals surface area contributed by atoms with Crippen LogP contribution in [0.4, 0.5) is 0 Å². The van der Waals surface area contributed by atoms with Gasteiger partial charge in [-0.1, -0.05) is 41.9 Å². The van der Waals surface area contributed by atoms with Crippen LogP contribution in [0.3, 0.4) is 0 Å². The number of methoxy groups -OCH3 is 3. The average Bonchev–Trinajstić information content (AvgIpc) is 2.60. The molecule has 0 bridgehead atoms. The summed E-state index contributed by atoms with van der Waals surface area (Å²) in [5.74, 6) is -2.93. The predicted octanol–water partition coefficient (Wildman–Crippen LogP) is 1.55. The lowest BCUT2D eigenvalue weighted by atomic mass is 10.1. The molecule has 1 rings (SSSR count). The van der Waals surface area contributed by atoms with Crippen molar-refractivity contribution in [1.29, 1.82) is 0 Å². The van der Waals surface area contributed by atoms with E-state index in [0.29, 0.717) is 5.56 Å². The van der Waals surface area contributed by atoms with Crippen molar-refractivity contribution >= 4 is 40.9 Å². The Morgan fingerprint density at radius 1 is 0.870 bits per heavy atom. The van der Waals surface area contributed by atoms with E-state index in [1.54, 1.807) is 30.3 Å². The van der Waals surface area contributed by atoms with E-state index < -0.39 is 28.7 Å². The van der Waals surface area contributed by atoms with E-state index in [1.165, 1.54) is 0 Å². The van der Waals surface area contributed by atoms with Gasteiger partial charge in [-0.05, 0) is 0 Å². The van der Waals surface area contributed by atoms with Gasteiger partial charge in [-0.3, -0.25) is 0 Å². The van der Waals surface area contributed by atoms with E-state index in [0.717, 1.165) is 21.3 Å². The molecule has 0 saturated carbocycles. The Morgan fingerprint density at radius 2 is 1.35 bits per heavy atom. The molecule has 0 aliphatic rings. The first-order valence-electron chi connectivity index (χ1n) is 6.25. The van der Waals surface area contributed by atoms with Crippen LogP contribution in [0.25, 0.3) is 5.70 Å². The van der Waals surface area contributed by atoms with Gasteiger partial charge in [-0.25, -0.2) is 19.4 Å². The minimum Gasteiger partial charge on any atom is -0.465 e. The van der Waals surface area contributed by atoms with Crippen LogP contribution in [-0.2, 0) is 28.6 Å². The van der Waals surface area contributed by atoms with E-state index in [4.69, 9.17) is 11.6 Å². The zero-order valence-corrected chi connectivity index (χ0v) is 13.4. The van der Waals surface area contributed by atoms with Gasteiger partial charge in [-0.2, -0.15) is 0 Å². The molecule has 0 N–H and O–H groups in total. The second kappa shape index (κ2) is 8.70. The molecule has 8 heteroatoms.